The fourth-order valence-corrected chi connectivity index (χ4v) is 4.29. The first-order chi connectivity index (χ1) is 12.4. The van der Waals surface area contributed by atoms with Crippen LogP contribution >= 0.6 is 12.4 Å². The highest BCUT2D eigenvalue weighted by Gasteiger charge is 2.30. The van der Waals surface area contributed by atoms with Gasteiger partial charge in [-0.3, -0.25) is 4.79 Å². The van der Waals surface area contributed by atoms with Gasteiger partial charge in [-0.25, -0.2) is 8.42 Å². The lowest BCUT2D eigenvalue weighted by molar-refractivity contribution is -0.135. The number of sulfonamides is 1. The summed E-state index contributed by atoms with van der Waals surface area (Å²) in [4.78, 5) is 14.4. The van der Waals surface area contributed by atoms with Crippen molar-refractivity contribution in [3.8, 4) is 11.5 Å². The minimum Gasteiger partial charge on any atom is -0.490 e. The molecule has 1 saturated heterocycles. The fourth-order valence-electron chi connectivity index (χ4n) is 3.08. The lowest BCUT2D eigenvalue weighted by Crippen LogP contribution is -2.57. The van der Waals surface area contributed by atoms with Crippen molar-refractivity contribution < 1.29 is 22.7 Å². The van der Waals surface area contributed by atoms with Gasteiger partial charge in [-0.05, 0) is 26.0 Å². The summed E-state index contributed by atoms with van der Waals surface area (Å²) in [5.41, 5.74) is 0. The number of hydrogen-bond donors (Lipinski definition) is 2. The van der Waals surface area contributed by atoms with Crippen LogP contribution in [0.4, 0.5) is 0 Å². The standard InChI is InChI=1S/C17H25N3O5S.ClH/c1-12-11-18-6-7-20(12)17(21)13(2)19-26(22,23)14-4-5-15-16(10-14)25-9-3-8-24-15;/h4-5,10,12-13,18-19H,3,6-9,11H2,1-2H3;1H/t12-,13?;/m0./s1. The van der Waals surface area contributed by atoms with E-state index in [1.165, 1.54) is 12.1 Å². The molecule has 10 heteroatoms. The summed E-state index contributed by atoms with van der Waals surface area (Å²) in [7, 11) is -3.85. The van der Waals surface area contributed by atoms with E-state index in [2.05, 4.69) is 10.0 Å². The third-order valence-electron chi connectivity index (χ3n) is 4.52. The van der Waals surface area contributed by atoms with E-state index in [0.717, 1.165) is 6.42 Å². The highest BCUT2D eigenvalue weighted by molar-refractivity contribution is 7.89. The zero-order chi connectivity index (χ0) is 18.7. The molecule has 0 radical (unpaired) electrons. The molecule has 27 heavy (non-hydrogen) atoms. The summed E-state index contributed by atoms with van der Waals surface area (Å²) in [5, 5.41) is 3.21. The number of benzene rings is 1. The molecule has 1 aromatic carbocycles. The first-order valence-corrected chi connectivity index (χ1v) is 10.3. The van der Waals surface area contributed by atoms with E-state index in [0.29, 0.717) is 44.3 Å². The number of ether oxygens (including phenoxy) is 2. The number of piperazine rings is 1. The van der Waals surface area contributed by atoms with Crippen molar-refractivity contribution >= 4 is 28.3 Å². The van der Waals surface area contributed by atoms with E-state index in [-0.39, 0.29) is 29.3 Å². The molecule has 2 atom stereocenters. The van der Waals surface area contributed by atoms with E-state index in [1.807, 2.05) is 6.92 Å². The fraction of sp³-hybridized carbons (Fsp3) is 0.588. The summed E-state index contributed by atoms with van der Waals surface area (Å²) < 4.78 is 38.9. The van der Waals surface area contributed by atoms with Crippen LogP contribution in [0.25, 0.3) is 0 Å². The van der Waals surface area contributed by atoms with E-state index < -0.39 is 16.1 Å². The number of nitrogens with zero attached hydrogens (tertiary/aromatic N) is 1. The molecule has 1 amide bonds. The SMILES string of the molecule is CC(NS(=O)(=O)c1ccc2c(c1)OCCCO2)C(=O)N1CCNC[C@@H]1C.Cl. The van der Waals surface area contributed by atoms with Crippen molar-refractivity contribution in [2.75, 3.05) is 32.8 Å². The van der Waals surface area contributed by atoms with Gasteiger partial charge in [-0.2, -0.15) is 4.72 Å². The molecular weight excluding hydrogens is 394 g/mol. The van der Waals surface area contributed by atoms with Gasteiger partial charge >= 0.3 is 0 Å². The Balaban J connectivity index is 0.00000261. The monoisotopic (exact) mass is 419 g/mol. The van der Waals surface area contributed by atoms with Crippen molar-refractivity contribution in [3.63, 3.8) is 0 Å². The van der Waals surface area contributed by atoms with Gasteiger partial charge < -0.3 is 19.7 Å². The summed E-state index contributed by atoms with van der Waals surface area (Å²) in [6.07, 6.45) is 0.740. The van der Waals surface area contributed by atoms with E-state index >= 15 is 0 Å². The Labute approximate surface area is 166 Å². The zero-order valence-electron chi connectivity index (χ0n) is 15.4. The van der Waals surface area contributed by atoms with Gasteiger partial charge in [0, 0.05) is 38.2 Å². The van der Waals surface area contributed by atoms with Gasteiger partial charge in [0.15, 0.2) is 11.5 Å². The second-order valence-electron chi connectivity index (χ2n) is 6.59. The maximum absolute atomic E-state index is 12.7. The Morgan fingerprint density at radius 2 is 2.00 bits per heavy atom. The second kappa shape index (κ2) is 9.09. The average molecular weight is 420 g/mol. The molecule has 0 spiro atoms. The molecule has 3 rings (SSSR count). The molecule has 8 nitrogen and oxygen atoms in total. The molecular formula is C17H26ClN3O5S. The second-order valence-corrected chi connectivity index (χ2v) is 8.30. The summed E-state index contributed by atoms with van der Waals surface area (Å²) >= 11 is 0. The lowest BCUT2D eigenvalue weighted by Gasteiger charge is -2.35. The van der Waals surface area contributed by atoms with Gasteiger partial charge in [0.1, 0.15) is 0 Å². The largest absolute Gasteiger partial charge is 0.490 e. The Morgan fingerprint density at radius 3 is 2.70 bits per heavy atom. The summed E-state index contributed by atoms with van der Waals surface area (Å²) in [6.45, 7) is 6.49. The molecule has 0 saturated carbocycles. The first kappa shape index (κ1) is 21.7. The Hall–Kier alpha value is -1.55. The van der Waals surface area contributed by atoms with Gasteiger partial charge in [0.25, 0.3) is 0 Å². The average Bonchev–Trinajstić information content (AvgIpc) is 2.86. The van der Waals surface area contributed by atoms with Gasteiger partial charge in [-0.15, -0.1) is 12.4 Å². The first-order valence-electron chi connectivity index (χ1n) is 8.81. The number of carbonyl (C=O) groups excluding carboxylic acids is 1. The minimum atomic E-state index is -3.85. The van der Waals surface area contributed by atoms with E-state index in [1.54, 1.807) is 17.9 Å². The maximum atomic E-state index is 12.7. The third-order valence-corrected chi connectivity index (χ3v) is 6.05. The highest BCUT2D eigenvalue weighted by Crippen LogP contribution is 2.31. The molecule has 0 aromatic heterocycles. The van der Waals surface area contributed by atoms with Crippen LogP contribution in [0.15, 0.2) is 23.1 Å². The van der Waals surface area contributed by atoms with E-state index in [9.17, 15) is 13.2 Å². The topological polar surface area (TPSA) is 97.0 Å². The van der Waals surface area contributed by atoms with Gasteiger partial charge in [-0.1, -0.05) is 0 Å². The Morgan fingerprint density at radius 1 is 1.30 bits per heavy atom. The third kappa shape index (κ3) is 5.04. The van der Waals surface area contributed by atoms with Crippen LogP contribution < -0.4 is 19.5 Å². The van der Waals surface area contributed by atoms with Crippen molar-refractivity contribution in [2.24, 2.45) is 0 Å². The number of carbonyl (C=O) groups is 1. The predicted octanol–water partition coefficient (Wildman–Crippen LogP) is 0.757. The quantitative estimate of drug-likeness (QED) is 0.747. The van der Waals surface area contributed by atoms with Crippen molar-refractivity contribution in [1.82, 2.24) is 14.9 Å². The van der Waals surface area contributed by atoms with Crippen LogP contribution in [0.5, 0.6) is 11.5 Å². The molecule has 0 aliphatic carbocycles. The maximum Gasteiger partial charge on any atom is 0.241 e. The number of nitrogens with one attached hydrogen (secondary N) is 2. The van der Waals surface area contributed by atoms with Crippen LogP contribution in [-0.4, -0.2) is 64.2 Å². The van der Waals surface area contributed by atoms with Gasteiger partial charge in [0.05, 0.1) is 24.2 Å². The van der Waals surface area contributed by atoms with Crippen LogP contribution in [0.2, 0.25) is 0 Å². The van der Waals surface area contributed by atoms with Crippen LogP contribution in [0.3, 0.4) is 0 Å². The van der Waals surface area contributed by atoms with Gasteiger partial charge in [0.2, 0.25) is 15.9 Å². The number of halogens is 1. The smallest absolute Gasteiger partial charge is 0.241 e. The van der Waals surface area contributed by atoms with Crippen LogP contribution in [0.1, 0.15) is 20.3 Å². The molecule has 2 aliphatic rings. The molecule has 2 heterocycles. The minimum absolute atomic E-state index is 0. The van der Waals surface area contributed by atoms with Crippen molar-refractivity contribution in [2.45, 2.75) is 37.2 Å². The van der Waals surface area contributed by atoms with Crippen LogP contribution in [0, 0.1) is 0 Å². The normalized spacial score (nSPS) is 21.0. The molecule has 152 valence electrons. The summed E-state index contributed by atoms with van der Waals surface area (Å²) in [5.74, 6) is 0.706. The number of amides is 1. The number of rotatable bonds is 4. The highest BCUT2D eigenvalue weighted by atomic mass is 35.5. The summed E-state index contributed by atoms with van der Waals surface area (Å²) in [6, 6.07) is 3.66. The molecule has 1 aromatic rings. The van der Waals surface area contributed by atoms with Crippen molar-refractivity contribution in [1.29, 1.82) is 0 Å². The van der Waals surface area contributed by atoms with E-state index in [4.69, 9.17) is 9.47 Å². The molecule has 1 unspecified atom stereocenters. The Kier molecular flexibility index (Phi) is 7.32. The molecule has 1 fully saturated rings. The van der Waals surface area contributed by atoms with Crippen molar-refractivity contribution in [3.05, 3.63) is 18.2 Å². The Bertz CT molecular complexity index is 774. The molecule has 2 aliphatic heterocycles. The zero-order valence-corrected chi connectivity index (χ0v) is 17.1. The predicted molar refractivity (Wildman–Crippen MR) is 103 cm³/mol. The number of hydrogen-bond acceptors (Lipinski definition) is 6. The number of fused-ring (bicyclic) bond motifs is 1. The lowest BCUT2D eigenvalue weighted by atomic mass is 10.2. The molecule has 0 bridgehead atoms. The van der Waals surface area contributed by atoms with Crippen LogP contribution in [-0.2, 0) is 14.8 Å². The molecule has 2 N–H and O–H groups in total.